The van der Waals surface area contributed by atoms with Crippen molar-refractivity contribution in [3.05, 3.63) is 62.5 Å². The zero-order valence-electron chi connectivity index (χ0n) is 11.9. The average Bonchev–Trinajstić information content (AvgIpc) is 2.45. The Bertz CT molecular complexity index is 658. The Morgan fingerprint density at radius 1 is 1.19 bits per heavy atom. The number of nitrogens with one attached hydrogen (secondary N) is 1. The van der Waals surface area contributed by atoms with Crippen LogP contribution in [0.1, 0.15) is 11.1 Å². The van der Waals surface area contributed by atoms with Crippen molar-refractivity contribution in [2.75, 3.05) is 12.4 Å². The van der Waals surface area contributed by atoms with Crippen molar-refractivity contribution in [3.8, 4) is 0 Å². The summed E-state index contributed by atoms with van der Waals surface area (Å²) in [4.78, 5) is 13.9. The lowest BCUT2D eigenvalue weighted by Gasteiger charge is -2.19. The molecule has 3 nitrogen and oxygen atoms in total. The standard InChI is InChI=1S/C16H16Br2N2O/c1-11-7-8-13(17)9-15(11)19-16(21)20(2)10-12-5-3-4-6-14(12)18/h3-9H,10H2,1-2H3,(H,19,21). The van der Waals surface area contributed by atoms with E-state index >= 15 is 0 Å². The first kappa shape index (κ1) is 16.0. The number of carbonyl (C=O) groups is 1. The summed E-state index contributed by atoms with van der Waals surface area (Å²) in [5.74, 6) is 0. The third-order valence-corrected chi connectivity index (χ3v) is 4.42. The van der Waals surface area contributed by atoms with E-state index in [1.54, 1.807) is 11.9 Å². The zero-order valence-corrected chi connectivity index (χ0v) is 15.0. The van der Waals surface area contributed by atoms with E-state index in [0.29, 0.717) is 6.54 Å². The van der Waals surface area contributed by atoms with Crippen LogP contribution in [-0.4, -0.2) is 18.0 Å². The van der Waals surface area contributed by atoms with Crippen LogP contribution in [0.25, 0.3) is 0 Å². The van der Waals surface area contributed by atoms with Crippen LogP contribution < -0.4 is 5.32 Å². The minimum absolute atomic E-state index is 0.132. The first-order valence-electron chi connectivity index (χ1n) is 6.49. The van der Waals surface area contributed by atoms with Crippen molar-refractivity contribution in [1.29, 1.82) is 0 Å². The highest BCUT2D eigenvalue weighted by molar-refractivity contribution is 9.10. The van der Waals surface area contributed by atoms with Gasteiger partial charge in [-0.15, -0.1) is 0 Å². The minimum Gasteiger partial charge on any atom is -0.323 e. The minimum atomic E-state index is -0.132. The molecule has 0 aromatic heterocycles. The number of urea groups is 1. The number of benzene rings is 2. The first-order valence-corrected chi connectivity index (χ1v) is 8.07. The molecule has 0 aliphatic carbocycles. The lowest BCUT2D eigenvalue weighted by Crippen LogP contribution is -2.31. The van der Waals surface area contributed by atoms with Crippen LogP contribution in [-0.2, 0) is 6.54 Å². The molecule has 2 rings (SSSR count). The van der Waals surface area contributed by atoms with Crippen molar-refractivity contribution >= 4 is 43.6 Å². The molecule has 0 aliphatic rings. The summed E-state index contributed by atoms with van der Waals surface area (Å²) >= 11 is 6.91. The second-order valence-corrected chi connectivity index (χ2v) is 6.61. The van der Waals surface area contributed by atoms with E-state index in [0.717, 1.165) is 25.8 Å². The highest BCUT2D eigenvalue weighted by Crippen LogP contribution is 2.22. The van der Waals surface area contributed by atoms with Gasteiger partial charge in [0.2, 0.25) is 0 Å². The van der Waals surface area contributed by atoms with Crippen LogP contribution in [0.15, 0.2) is 51.4 Å². The van der Waals surface area contributed by atoms with E-state index in [-0.39, 0.29) is 6.03 Å². The molecular weight excluding hydrogens is 396 g/mol. The molecule has 2 aromatic rings. The van der Waals surface area contributed by atoms with Crippen LogP contribution >= 0.6 is 31.9 Å². The average molecular weight is 412 g/mol. The quantitative estimate of drug-likeness (QED) is 0.740. The van der Waals surface area contributed by atoms with Gasteiger partial charge in [0.25, 0.3) is 0 Å². The van der Waals surface area contributed by atoms with Crippen molar-refractivity contribution in [1.82, 2.24) is 4.90 Å². The predicted molar refractivity (Wildman–Crippen MR) is 93.5 cm³/mol. The Balaban J connectivity index is 2.06. The Morgan fingerprint density at radius 2 is 1.90 bits per heavy atom. The molecular formula is C16H16Br2N2O. The van der Waals surface area contributed by atoms with E-state index in [4.69, 9.17) is 0 Å². The maximum absolute atomic E-state index is 12.3. The van der Waals surface area contributed by atoms with Crippen molar-refractivity contribution in [3.63, 3.8) is 0 Å². The number of halogens is 2. The fraction of sp³-hybridized carbons (Fsp3) is 0.188. The lowest BCUT2D eigenvalue weighted by atomic mass is 10.2. The van der Waals surface area contributed by atoms with Crippen LogP contribution in [0.3, 0.4) is 0 Å². The number of nitrogens with zero attached hydrogens (tertiary/aromatic N) is 1. The lowest BCUT2D eigenvalue weighted by molar-refractivity contribution is 0.220. The third kappa shape index (κ3) is 4.32. The number of rotatable bonds is 3. The maximum atomic E-state index is 12.3. The van der Waals surface area contributed by atoms with Gasteiger partial charge < -0.3 is 10.2 Å². The summed E-state index contributed by atoms with van der Waals surface area (Å²) in [6.07, 6.45) is 0. The molecule has 0 saturated heterocycles. The smallest absolute Gasteiger partial charge is 0.321 e. The molecule has 0 aliphatic heterocycles. The SMILES string of the molecule is Cc1ccc(Br)cc1NC(=O)N(C)Cc1ccccc1Br. The van der Waals surface area contributed by atoms with E-state index in [1.807, 2.05) is 49.4 Å². The predicted octanol–water partition coefficient (Wildman–Crippen LogP) is 5.18. The van der Waals surface area contributed by atoms with E-state index in [2.05, 4.69) is 37.2 Å². The van der Waals surface area contributed by atoms with Gasteiger partial charge in [-0.25, -0.2) is 4.79 Å². The third-order valence-electron chi connectivity index (χ3n) is 3.15. The van der Waals surface area contributed by atoms with Crippen LogP contribution in [0.5, 0.6) is 0 Å². The van der Waals surface area contributed by atoms with Gasteiger partial charge in [-0.1, -0.05) is 56.1 Å². The topological polar surface area (TPSA) is 32.3 Å². The normalized spacial score (nSPS) is 10.3. The summed E-state index contributed by atoms with van der Waals surface area (Å²) in [5, 5.41) is 2.93. The monoisotopic (exact) mass is 410 g/mol. The van der Waals surface area contributed by atoms with Crippen LogP contribution in [0.2, 0.25) is 0 Å². The molecule has 0 heterocycles. The Hall–Kier alpha value is -1.33. The highest BCUT2D eigenvalue weighted by Gasteiger charge is 2.12. The molecule has 0 unspecified atom stereocenters. The fourth-order valence-electron chi connectivity index (χ4n) is 1.89. The van der Waals surface area contributed by atoms with Crippen molar-refractivity contribution < 1.29 is 4.79 Å². The molecule has 0 spiro atoms. The van der Waals surface area contributed by atoms with Gasteiger partial charge in [0.05, 0.1) is 0 Å². The zero-order chi connectivity index (χ0) is 15.4. The van der Waals surface area contributed by atoms with Gasteiger partial charge in [-0.3, -0.25) is 0 Å². The van der Waals surface area contributed by atoms with Gasteiger partial charge in [0.1, 0.15) is 0 Å². The molecule has 0 bridgehead atoms. The van der Waals surface area contributed by atoms with Gasteiger partial charge in [-0.05, 0) is 36.2 Å². The first-order chi connectivity index (χ1) is 9.97. The second-order valence-electron chi connectivity index (χ2n) is 4.84. The van der Waals surface area contributed by atoms with Gasteiger partial charge in [0, 0.05) is 28.2 Å². The summed E-state index contributed by atoms with van der Waals surface area (Å²) in [6.45, 7) is 2.51. The Labute approximate surface area is 141 Å². The molecule has 21 heavy (non-hydrogen) atoms. The van der Waals surface area contributed by atoms with Gasteiger partial charge in [0.15, 0.2) is 0 Å². The van der Waals surface area contributed by atoms with Crippen molar-refractivity contribution in [2.45, 2.75) is 13.5 Å². The molecule has 110 valence electrons. The maximum Gasteiger partial charge on any atom is 0.321 e. The molecule has 2 aromatic carbocycles. The number of hydrogen-bond donors (Lipinski definition) is 1. The Kier molecular flexibility index (Phi) is 5.42. The number of carbonyl (C=O) groups excluding carboxylic acids is 1. The van der Waals surface area contributed by atoms with E-state index in [9.17, 15) is 4.79 Å². The second kappa shape index (κ2) is 7.09. The van der Waals surface area contributed by atoms with Crippen LogP contribution in [0, 0.1) is 6.92 Å². The fourth-order valence-corrected chi connectivity index (χ4v) is 2.66. The number of hydrogen-bond acceptors (Lipinski definition) is 1. The summed E-state index contributed by atoms with van der Waals surface area (Å²) in [5.41, 5.74) is 2.91. The molecule has 0 atom stereocenters. The Morgan fingerprint density at radius 3 is 2.62 bits per heavy atom. The molecule has 2 amide bonds. The van der Waals surface area contributed by atoms with E-state index < -0.39 is 0 Å². The molecule has 1 N–H and O–H groups in total. The summed E-state index contributed by atoms with van der Waals surface area (Å²) in [6, 6.07) is 13.6. The van der Waals surface area contributed by atoms with Crippen LogP contribution in [0.4, 0.5) is 10.5 Å². The number of anilines is 1. The molecule has 0 fully saturated rings. The van der Waals surface area contributed by atoms with Gasteiger partial charge in [-0.2, -0.15) is 0 Å². The summed E-state index contributed by atoms with van der Waals surface area (Å²) in [7, 11) is 1.78. The van der Waals surface area contributed by atoms with Crippen molar-refractivity contribution in [2.24, 2.45) is 0 Å². The number of aryl methyl sites for hydroxylation is 1. The largest absolute Gasteiger partial charge is 0.323 e. The molecule has 5 heteroatoms. The van der Waals surface area contributed by atoms with E-state index in [1.165, 1.54) is 0 Å². The van der Waals surface area contributed by atoms with Gasteiger partial charge >= 0.3 is 6.03 Å². The molecule has 0 radical (unpaired) electrons. The summed E-state index contributed by atoms with van der Waals surface area (Å²) < 4.78 is 1.94. The highest BCUT2D eigenvalue weighted by atomic mass is 79.9. The molecule has 0 saturated carbocycles. The number of amides is 2.